The van der Waals surface area contributed by atoms with Gasteiger partial charge in [-0.2, -0.15) is 0 Å². The van der Waals surface area contributed by atoms with Crippen LogP contribution < -0.4 is 5.32 Å². The van der Waals surface area contributed by atoms with Crippen molar-refractivity contribution >= 4 is 5.97 Å². The van der Waals surface area contributed by atoms with Gasteiger partial charge in [-0.15, -0.1) is 0 Å². The third kappa shape index (κ3) is 4.94. The van der Waals surface area contributed by atoms with Gasteiger partial charge in [0.25, 0.3) is 0 Å². The minimum absolute atomic E-state index is 0.132. The Kier molecular flexibility index (Phi) is 7.87. The van der Waals surface area contributed by atoms with Crippen LogP contribution in [-0.4, -0.2) is 19.1 Å². The lowest BCUT2D eigenvalue weighted by molar-refractivity contribution is -0.156. The molecule has 0 radical (unpaired) electrons. The smallest absolute Gasteiger partial charge is 0.311 e. The fourth-order valence-corrected chi connectivity index (χ4v) is 4.23. The number of nitrogens with one attached hydrogen (secondary N) is 1. The predicted octanol–water partition coefficient (Wildman–Crippen LogP) is 6.18. The summed E-state index contributed by atoms with van der Waals surface area (Å²) in [7, 11) is 0. The molecular formula is C29H35NO2. The van der Waals surface area contributed by atoms with Gasteiger partial charge < -0.3 is 4.74 Å². The normalized spacial score (nSPS) is 12.9. The molecule has 1 atom stereocenters. The van der Waals surface area contributed by atoms with Crippen molar-refractivity contribution in [2.75, 3.05) is 13.2 Å². The number of ether oxygens (including phenoxy) is 1. The van der Waals surface area contributed by atoms with E-state index in [4.69, 9.17) is 4.74 Å². The predicted molar refractivity (Wildman–Crippen MR) is 131 cm³/mol. The average molecular weight is 430 g/mol. The van der Waals surface area contributed by atoms with Gasteiger partial charge in [-0.25, -0.2) is 0 Å². The first-order chi connectivity index (χ1) is 15.4. The number of hydrogen-bond acceptors (Lipinski definition) is 3. The number of carbonyl (C=O) groups is 1. The van der Waals surface area contributed by atoms with Crippen molar-refractivity contribution in [2.24, 2.45) is 11.3 Å². The van der Waals surface area contributed by atoms with E-state index in [2.05, 4.69) is 85.0 Å². The second-order valence-corrected chi connectivity index (χ2v) is 8.91. The van der Waals surface area contributed by atoms with Crippen molar-refractivity contribution in [3.05, 3.63) is 108 Å². The minimum Gasteiger partial charge on any atom is -0.466 e. The maximum Gasteiger partial charge on any atom is 0.311 e. The Morgan fingerprint density at radius 1 is 0.812 bits per heavy atom. The first-order valence-corrected chi connectivity index (χ1v) is 11.5. The summed E-state index contributed by atoms with van der Waals surface area (Å²) >= 11 is 0. The minimum atomic E-state index is -0.535. The fraction of sp³-hybridized carbons (Fsp3) is 0.345. The zero-order chi connectivity index (χ0) is 23.0. The highest BCUT2D eigenvalue weighted by Gasteiger charge is 2.38. The van der Waals surface area contributed by atoms with Crippen molar-refractivity contribution < 1.29 is 9.53 Å². The van der Waals surface area contributed by atoms with Gasteiger partial charge in [-0.3, -0.25) is 10.1 Å². The lowest BCUT2D eigenvalue weighted by Gasteiger charge is -2.38. The van der Waals surface area contributed by atoms with E-state index in [1.54, 1.807) is 0 Å². The third-order valence-electron chi connectivity index (χ3n) is 6.62. The molecule has 0 spiro atoms. The highest BCUT2D eigenvalue weighted by Crippen LogP contribution is 2.37. The van der Waals surface area contributed by atoms with Crippen LogP contribution in [-0.2, 0) is 15.1 Å². The van der Waals surface area contributed by atoms with Gasteiger partial charge in [0.15, 0.2) is 0 Å². The Morgan fingerprint density at radius 3 is 1.59 bits per heavy atom. The summed E-state index contributed by atoms with van der Waals surface area (Å²) in [6.07, 6.45) is 0.847. The van der Waals surface area contributed by atoms with Crippen LogP contribution in [0.1, 0.15) is 50.8 Å². The molecule has 0 aromatic heterocycles. The van der Waals surface area contributed by atoms with E-state index < -0.39 is 11.0 Å². The topological polar surface area (TPSA) is 38.3 Å². The zero-order valence-electron chi connectivity index (χ0n) is 19.7. The molecule has 0 fully saturated rings. The molecule has 1 unspecified atom stereocenters. The number of rotatable bonds is 10. The molecule has 0 aliphatic heterocycles. The lowest BCUT2D eigenvalue weighted by Crippen LogP contribution is -2.46. The summed E-state index contributed by atoms with van der Waals surface area (Å²) in [5, 5.41) is 3.90. The lowest BCUT2D eigenvalue weighted by atomic mass is 9.75. The first-order valence-electron chi connectivity index (χ1n) is 11.5. The Bertz CT molecular complexity index is 871. The standard InChI is InChI=1S/C29H35NO2/c1-5-32-27(31)28(3,4)23(2)21-22-30-29(24-15-9-6-10-16-24,25-17-11-7-12-18-25)26-19-13-8-14-20-26/h6-20,23,30H,5,21-22H2,1-4H3. The summed E-state index contributed by atoms with van der Waals surface area (Å²) in [5.41, 5.74) is 2.54. The van der Waals surface area contributed by atoms with Crippen LogP contribution in [0, 0.1) is 11.3 Å². The Labute approximate surface area is 192 Å². The summed E-state index contributed by atoms with van der Waals surface area (Å²) in [6, 6.07) is 31.8. The van der Waals surface area contributed by atoms with Crippen molar-refractivity contribution in [3.63, 3.8) is 0 Å². The van der Waals surface area contributed by atoms with Crippen molar-refractivity contribution in [2.45, 2.75) is 39.7 Å². The van der Waals surface area contributed by atoms with E-state index in [9.17, 15) is 4.79 Å². The maximum atomic E-state index is 12.5. The van der Waals surface area contributed by atoms with Crippen molar-refractivity contribution in [1.29, 1.82) is 0 Å². The third-order valence-corrected chi connectivity index (χ3v) is 6.62. The molecule has 168 valence electrons. The van der Waals surface area contributed by atoms with Crippen LogP contribution in [0.15, 0.2) is 91.0 Å². The van der Waals surface area contributed by atoms with E-state index in [1.165, 1.54) is 16.7 Å². The second kappa shape index (κ2) is 10.6. The second-order valence-electron chi connectivity index (χ2n) is 8.91. The van der Waals surface area contributed by atoms with Crippen LogP contribution in [0.4, 0.5) is 0 Å². The molecule has 3 aromatic rings. The fourth-order valence-electron chi connectivity index (χ4n) is 4.23. The van der Waals surface area contributed by atoms with Gasteiger partial charge in [0.05, 0.1) is 17.6 Å². The molecule has 0 saturated carbocycles. The van der Waals surface area contributed by atoms with Crippen molar-refractivity contribution in [1.82, 2.24) is 5.32 Å². The van der Waals surface area contributed by atoms with Gasteiger partial charge in [0, 0.05) is 0 Å². The zero-order valence-corrected chi connectivity index (χ0v) is 19.7. The highest BCUT2D eigenvalue weighted by molar-refractivity contribution is 5.76. The molecular weight excluding hydrogens is 394 g/mol. The maximum absolute atomic E-state index is 12.5. The molecule has 3 nitrogen and oxygen atoms in total. The van der Waals surface area contributed by atoms with E-state index in [1.807, 2.05) is 39.0 Å². The molecule has 3 rings (SSSR count). The number of carbonyl (C=O) groups excluding carboxylic acids is 1. The molecule has 32 heavy (non-hydrogen) atoms. The van der Waals surface area contributed by atoms with Crippen LogP contribution in [0.2, 0.25) is 0 Å². The van der Waals surface area contributed by atoms with Gasteiger partial charge in [0.2, 0.25) is 0 Å². The van der Waals surface area contributed by atoms with Gasteiger partial charge in [0.1, 0.15) is 0 Å². The van der Waals surface area contributed by atoms with Crippen LogP contribution in [0.5, 0.6) is 0 Å². The van der Waals surface area contributed by atoms with Gasteiger partial charge >= 0.3 is 5.97 Å². The summed E-state index contributed by atoms with van der Waals surface area (Å²) in [4.78, 5) is 12.5. The quantitative estimate of drug-likeness (QED) is 0.309. The molecule has 1 N–H and O–H groups in total. The molecule has 3 aromatic carbocycles. The van der Waals surface area contributed by atoms with E-state index in [0.29, 0.717) is 6.61 Å². The highest BCUT2D eigenvalue weighted by atomic mass is 16.5. The number of benzene rings is 3. The number of hydrogen-bond donors (Lipinski definition) is 1. The Balaban J connectivity index is 1.96. The molecule has 0 saturated heterocycles. The Morgan fingerprint density at radius 2 is 1.22 bits per heavy atom. The SMILES string of the molecule is CCOC(=O)C(C)(C)C(C)CCNC(c1ccccc1)(c1ccccc1)c1ccccc1. The molecule has 0 aliphatic carbocycles. The van der Waals surface area contributed by atoms with Crippen molar-refractivity contribution in [3.8, 4) is 0 Å². The monoisotopic (exact) mass is 429 g/mol. The summed E-state index contributed by atoms with van der Waals surface area (Å²) in [5.74, 6) is 0.0296. The van der Waals surface area contributed by atoms with E-state index >= 15 is 0 Å². The average Bonchev–Trinajstić information content (AvgIpc) is 2.83. The molecule has 0 aliphatic rings. The van der Waals surface area contributed by atoms with E-state index in [-0.39, 0.29) is 11.9 Å². The first kappa shape index (κ1) is 23.7. The largest absolute Gasteiger partial charge is 0.466 e. The van der Waals surface area contributed by atoms with Crippen LogP contribution in [0.3, 0.4) is 0 Å². The molecule has 0 bridgehead atoms. The van der Waals surface area contributed by atoms with Crippen LogP contribution >= 0.6 is 0 Å². The molecule has 0 amide bonds. The summed E-state index contributed by atoms with van der Waals surface area (Å²) in [6.45, 7) is 9.11. The van der Waals surface area contributed by atoms with Crippen LogP contribution in [0.25, 0.3) is 0 Å². The van der Waals surface area contributed by atoms with E-state index in [0.717, 1.165) is 13.0 Å². The number of esters is 1. The Hall–Kier alpha value is -2.91. The summed E-state index contributed by atoms with van der Waals surface area (Å²) < 4.78 is 5.32. The molecule has 3 heteroatoms. The molecule has 0 heterocycles. The van der Waals surface area contributed by atoms with Gasteiger partial charge in [-0.05, 0) is 56.3 Å². The van der Waals surface area contributed by atoms with Gasteiger partial charge in [-0.1, -0.05) is 97.9 Å².